The Hall–Kier alpha value is -3.43. The highest BCUT2D eigenvalue weighted by molar-refractivity contribution is 5.89. The molecule has 1 amide bonds. The molecule has 0 bridgehead atoms. The molecule has 0 saturated carbocycles. The topological polar surface area (TPSA) is 113 Å². The number of aromatic nitrogens is 5. The van der Waals surface area contributed by atoms with E-state index in [2.05, 4.69) is 23.6 Å². The van der Waals surface area contributed by atoms with Gasteiger partial charge < -0.3 is 5.32 Å². The number of aryl methyl sites for hydroxylation is 2. The summed E-state index contributed by atoms with van der Waals surface area (Å²) < 4.78 is 3.83. The van der Waals surface area contributed by atoms with Crippen LogP contribution in [0, 0.1) is 6.92 Å². The van der Waals surface area contributed by atoms with E-state index in [1.807, 2.05) is 0 Å². The zero-order valence-electron chi connectivity index (χ0n) is 14.6. The van der Waals surface area contributed by atoms with Crippen LogP contribution in [0.4, 0.5) is 5.82 Å². The largest absolute Gasteiger partial charge is 0.337 e. The average Bonchev–Trinajstić information content (AvgIpc) is 2.89. The van der Waals surface area contributed by atoms with Crippen molar-refractivity contribution in [3.05, 3.63) is 68.5 Å². The van der Waals surface area contributed by atoms with E-state index in [9.17, 15) is 19.2 Å². The van der Waals surface area contributed by atoms with Crippen LogP contribution in [0.25, 0.3) is 0 Å². The van der Waals surface area contributed by atoms with Crippen LogP contribution in [0.15, 0.2) is 45.8 Å². The molecule has 2 aromatic rings. The lowest BCUT2D eigenvalue weighted by atomic mass is 10.4. The fourth-order valence-corrected chi connectivity index (χ4v) is 2.44. The van der Waals surface area contributed by atoms with Crippen LogP contribution < -0.4 is 22.4 Å². The van der Waals surface area contributed by atoms with E-state index in [-0.39, 0.29) is 13.1 Å². The van der Waals surface area contributed by atoms with Crippen molar-refractivity contribution in [2.24, 2.45) is 7.05 Å². The van der Waals surface area contributed by atoms with Gasteiger partial charge in [0.2, 0.25) is 5.91 Å². The van der Waals surface area contributed by atoms with Gasteiger partial charge in [-0.1, -0.05) is 12.2 Å². The number of carbonyl (C=O) groups is 1. The Labute approximate surface area is 148 Å². The maximum absolute atomic E-state index is 12.5. The second-order valence-corrected chi connectivity index (χ2v) is 5.58. The lowest BCUT2D eigenvalue weighted by Gasteiger charge is -2.12. The summed E-state index contributed by atoms with van der Waals surface area (Å²) in [4.78, 5) is 49.5. The van der Waals surface area contributed by atoms with Crippen molar-refractivity contribution in [1.82, 2.24) is 23.5 Å². The van der Waals surface area contributed by atoms with E-state index in [1.54, 1.807) is 20.0 Å². The van der Waals surface area contributed by atoms with Crippen LogP contribution in [-0.4, -0.2) is 29.4 Å². The number of rotatable bonds is 7. The fraction of sp³-hybridized carbons (Fsp3) is 0.312. The summed E-state index contributed by atoms with van der Waals surface area (Å²) in [5, 5.41) is 6.67. The second kappa shape index (κ2) is 7.64. The van der Waals surface area contributed by atoms with Crippen LogP contribution >= 0.6 is 0 Å². The molecule has 0 aliphatic heterocycles. The molecule has 2 heterocycles. The molecule has 2 aromatic heterocycles. The monoisotopic (exact) mass is 360 g/mol. The standard InChI is InChI=1S/C16H20N6O4/c1-5-7-20-14(24)21(8-6-2)16(26)22(15(20)25)10-13(23)17-12-9-11(3)18-19(12)4/h5-6,9H,1-2,7-8,10H2,3-4H3,(H,17,23). The molecule has 0 saturated heterocycles. The molecule has 0 aromatic carbocycles. The van der Waals surface area contributed by atoms with Gasteiger partial charge in [-0.3, -0.25) is 9.48 Å². The third-order valence-electron chi connectivity index (χ3n) is 3.58. The maximum atomic E-state index is 12.5. The lowest BCUT2D eigenvalue weighted by Crippen LogP contribution is -2.55. The Bertz CT molecular complexity index is 988. The van der Waals surface area contributed by atoms with E-state index in [1.165, 1.54) is 16.8 Å². The van der Waals surface area contributed by atoms with Gasteiger partial charge in [0.15, 0.2) is 0 Å². The summed E-state index contributed by atoms with van der Waals surface area (Å²) >= 11 is 0. The smallest absolute Gasteiger partial charge is 0.309 e. The molecule has 0 aliphatic carbocycles. The Morgan fingerprint density at radius 2 is 1.58 bits per heavy atom. The fourth-order valence-electron chi connectivity index (χ4n) is 2.44. The van der Waals surface area contributed by atoms with Crippen LogP contribution in [-0.2, 0) is 31.5 Å². The quantitative estimate of drug-likeness (QED) is 0.651. The minimum Gasteiger partial charge on any atom is -0.309 e. The summed E-state index contributed by atoms with van der Waals surface area (Å²) in [5.74, 6) is -0.174. The Balaban J connectivity index is 2.46. The predicted molar refractivity (Wildman–Crippen MR) is 96.2 cm³/mol. The van der Waals surface area contributed by atoms with Gasteiger partial charge in [0.25, 0.3) is 0 Å². The summed E-state index contributed by atoms with van der Waals surface area (Å²) in [6.07, 6.45) is 2.71. The van der Waals surface area contributed by atoms with Gasteiger partial charge >= 0.3 is 17.1 Å². The highest BCUT2D eigenvalue weighted by Crippen LogP contribution is 2.07. The Morgan fingerprint density at radius 3 is 2.00 bits per heavy atom. The zero-order valence-corrected chi connectivity index (χ0v) is 14.6. The first-order valence-corrected chi connectivity index (χ1v) is 7.77. The summed E-state index contributed by atoms with van der Waals surface area (Å²) in [6, 6.07) is 1.65. The molecular formula is C16H20N6O4. The third kappa shape index (κ3) is 3.63. The van der Waals surface area contributed by atoms with E-state index in [4.69, 9.17) is 0 Å². The highest BCUT2D eigenvalue weighted by Gasteiger charge is 2.17. The summed E-state index contributed by atoms with van der Waals surface area (Å²) in [6.45, 7) is 8.03. The van der Waals surface area contributed by atoms with Crippen LogP contribution in [0.3, 0.4) is 0 Å². The minimum atomic E-state index is -0.878. The molecule has 0 unspecified atom stereocenters. The van der Waals surface area contributed by atoms with E-state index < -0.39 is 29.5 Å². The number of hydrogen-bond donors (Lipinski definition) is 1. The lowest BCUT2D eigenvalue weighted by molar-refractivity contribution is -0.116. The molecule has 1 N–H and O–H groups in total. The molecule has 138 valence electrons. The summed E-state index contributed by atoms with van der Waals surface area (Å²) in [5.41, 5.74) is -1.83. The van der Waals surface area contributed by atoms with Crippen molar-refractivity contribution < 1.29 is 4.79 Å². The molecular weight excluding hydrogens is 340 g/mol. The first-order valence-electron chi connectivity index (χ1n) is 7.77. The number of hydrogen-bond acceptors (Lipinski definition) is 5. The number of nitrogens with zero attached hydrogens (tertiary/aromatic N) is 5. The first kappa shape index (κ1) is 18.9. The molecule has 10 heteroatoms. The zero-order chi connectivity index (χ0) is 19.4. The second-order valence-electron chi connectivity index (χ2n) is 5.58. The van der Waals surface area contributed by atoms with E-state index >= 15 is 0 Å². The summed E-state index contributed by atoms with van der Waals surface area (Å²) in [7, 11) is 1.65. The molecule has 0 fully saturated rings. The number of carbonyl (C=O) groups excluding carboxylic acids is 1. The number of anilines is 1. The maximum Gasteiger partial charge on any atom is 0.337 e. The number of allylic oxidation sites excluding steroid dienone is 2. The van der Waals surface area contributed by atoms with Gasteiger partial charge in [-0.05, 0) is 6.92 Å². The van der Waals surface area contributed by atoms with Gasteiger partial charge in [-0.2, -0.15) is 5.10 Å². The van der Waals surface area contributed by atoms with E-state index in [0.717, 1.165) is 9.13 Å². The molecule has 2 rings (SSSR count). The first-order chi connectivity index (χ1) is 12.3. The normalized spacial score (nSPS) is 10.5. The van der Waals surface area contributed by atoms with Crippen molar-refractivity contribution >= 4 is 11.7 Å². The predicted octanol–water partition coefficient (Wildman–Crippen LogP) is -0.776. The highest BCUT2D eigenvalue weighted by atomic mass is 16.2. The Morgan fingerprint density at radius 1 is 1.08 bits per heavy atom. The molecule has 0 atom stereocenters. The SMILES string of the molecule is C=CCn1c(=O)n(CC=C)c(=O)n(CC(=O)Nc2cc(C)nn2C)c1=O. The van der Waals surface area contributed by atoms with Crippen LogP contribution in [0.2, 0.25) is 0 Å². The van der Waals surface area contributed by atoms with Gasteiger partial charge in [-0.15, -0.1) is 13.2 Å². The van der Waals surface area contributed by atoms with Crippen LogP contribution in [0.1, 0.15) is 5.69 Å². The molecule has 10 nitrogen and oxygen atoms in total. The van der Waals surface area contributed by atoms with Crippen molar-refractivity contribution in [1.29, 1.82) is 0 Å². The molecule has 0 radical (unpaired) electrons. The van der Waals surface area contributed by atoms with Crippen molar-refractivity contribution in [2.75, 3.05) is 5.32 Å². The van der Waals surface area contributed by atoms with Gasteiger partial charge in [-0.25, -0.2) is 28.1 Å². The van der Waals surface area contributed by atoms with Crippen molar-refractivity contribution in [3.8, 4) is 0 Å². The number of amides is 1. The average molecular weight is 360 g/mol. The van der Waals surface area contributed by atoms with Gasteiger partial charge in [0.1, 0.15) is 12.4 Å². The molecule has 0 spiro atoms. The van der Waals surface area contributed by atoms with E-state index in [0.29, 0.717) is 16.1 Å². The van der Waals surface area contributed by atoms with Gasteiger partial charge in [0.05, 0.1) is 18.8 Å². The van der Waals surface area contributed by atoms with Gasteiger partial charge in [0, 0.05) is 13.1 Å². The number of nitrogens with one attached hydrogen (secondary N) is 1. The molecule has 26 heavy (non-hydrogen) atoms. The molecule has 0 aliphatic rings. The Kier molecular flexibility index (Phi) is 5.55. The third-order valence-corrected chi connectivity index (χ3v) is 3.58. The minimum absolute atomic E-state index is 0.0857. The van der Waals surface area contributed by atoms with Crippen LogP contribution in [0.5, 0.6) is 0 Å². The van der Waals surface area contributed by atoms with Crippen molar-refractivity contribution in [3.63, 3.8) is 0 Å². The van der Waals surface area contributed by atoms with Crippen molar-refractivity contribution in [2.45, 2.75) is 26.6 Å².